The lowest BCUT2D eigenvalue weighted by Gasteiger charge is -2.34. The largest absolute Gasteiger partial charge is 0.673 e. The van der Waals surface area contributed by atoms with Gasteiger partial charge in [0.25, 0.3) is 17.7 Å². The van der Waals surface area contributed by atoms with Crippen LogP contribution in [0.1, 0.15) is 228 Å². The van der Waals surface area contributed by atoms with E-state index in [1.165, 1.54) is 89.3 Å². The van der Waals surface area contributed by atoms with Crippen LogP contribution in [0.3, 0.4) is 0 Å². The number of halogens is 4. The van der Waals surface area contributed by atoms with Crippen LogP contribution in [0, 0.1) is 0 Å². The highest BCUT2D eigenvalue weighted by atomic mass is 32.2. The van der Waals surface area contributed by atoms with Crippen molar-refractivity contribution in [2.75, 3.05) is 143 Å². The molecule has 4 bridgehead atoms. The van der Waals surface area contributed by atoms with E-state index < -0.39 is 45.5 Å². The number of hydrogen-bond donors (Lipinski definition) is 4. The summed E-state index contributed by atoms with van der Waals surface area (Å²) >= 11 is 0. The van der Waals surface area contributed by atoms with Gasteiger partial charge >= 0.3 is 39.7 Å². The monoisotopic (exact) mass is 1970 g/mol. The molecule has 0 spiro atoms. The molecule has 40 heteroatoms. The van der Waals surface area contributed by atoms with Crippen LogP contribution in [0.4, 0.5) is 17.3 Å². The number of carbonyl (C=O) groups is 4. The van der Waals surface area contributed by atoms with Gasteiger partial charge in [-0.25, -0.2) is 23.7 Å². The van der Waals surface area contributed by atoms with Gasteiger partial charge in [0.05, 0.1) is 122 Å². The molecule has 5 aromatic carbocycles. The van der Waals surface area contributed by atoms with E-state index in [4.69, 9.17) is 24.1 Å². The molecule has 0 unspecified atom stereocenters. The lowest BCUT2D eigenvalue weighted by atomic mass is 9.81. The minimum Gasteiger partial charge on any atom is -0.497 e. The number of carbonyl (C=O) groups excluding carboxylic acids is 3. The van der Waals surface area contributed by atoms with Crippen LogP contribution < -0.4 is 29.1 Å². The van der Waals surface area contributed by atoms with Crippen molar-refractivity contribution < 1.29 is 82.0 Å². The van der Waals surface area contributed by atoms with Crippen LogP contribution >= 0.6 is 0 Å². The normalized spacial score (nSPS) is 19.9. The number of methoxy groups -OCH3 is 2. The summed E-state index contributed by atoms with van der Waals surface area (Å²) in [5, 5.41) is 33.4. The number of aromatic carboxylic acids is 1. The van der Waals surface area contributed by atoms with Crippen molar-refractivity contribution >= 4 is 114 Å². The number of benzene rings is 5. The summed E-state index contributed by atoms with van der Waals surface area (Å²) in [6.45, 7) is 15.6. The van der Waals surface area contributed by atoms with Gasteiger partial charge in [-0.05, 0) is 233 Å². The Kier molecular flexibility index (Phi) is 31.4. The van der Waals surface area contributed by atoms with Crippen LogP contribution in [0.2, 0.25) is 0 Å². The highest BCUT2D eigenvalue weighted by molar-refractivity contribution is 7.88. The maximum absolute atomic E-state index is 14.7. The van der Waals surface area contributed by atoms with E-state index in [-0.39, 0.29) is 40.7 Å². The molecule has 33 nitrogen and oxygen atoms in total. The number of aromatic nitrogens is 9. The Hall–Kier alpha value is -11.4. The van der Waals surface area contributed by atoms with E-state index in [2.05, 4.69) is 115 Å². The molecule has 21 rings (SSSR count). The molecule has 7 aliphatic heterocycles. The molecule has 5 aromatic heterocycles. The van der Waals surface area contributed by atoms with Crippen LogP contribution in [-0.2, 0) is 38.2 Å². The number of nitrogens with one attached hydrogen (secondary N) is 3. The zero-order valence-corrected chi connectivity index (χ0v) is 83.9. The van der Waals surface area contributed by atoms with E-state index in [0.29, 0.717) is 54.0 Å². The van der Waals surface area contributed by atoms with Crippen molar-refractivity contribution in [3.8, 4) is 34.0 Å². The Morgan fingerprint density at radius 2 is 1.06 bits per heavy atom. The number of carboxylic acid groups (broad SMARTS) is 1. The third kappa shape index (κ3) is 22.0. The minimum atomic E-state index is -6.00. The number of rotatable bonds is 19. The summed E-state index contributed by atoms with van der Waals surface area (Å²) in [6.07, 6.45) is 27.2. The Bertz CT molecular complexity index is 6570. The summed E-state index contributed by atoms with van der Waals surface area (Å²) < 4.78 is 123. The molecule has 9 fully saturated rings. The number of allylic oxidation sites excluding steroid dienone is 2. The Morgan fingerprint density at radius 3 is 1.46 bits per heavy atom. The van der Waals surface area contributed by atoms with Gasteiger partial charge in [-0.15, -0.1) is 5.10 Å². The number of piperazine rings is 2. The minimum absolute atomic E-state index is 0.0429. The zero-order valence-electron chi connectivity index (χ0n) is 82.2. The maximum Gasteiger partial charge on any atom is 0.673 e. The smallest absolute Gasteiger partial charge is 0.497 e. The summed E-state index contributed by atoms with van der Waals surface area (Å²) in [7, 11) is 4.58. The third-order valence-corrected chi connectivity index (χ3v) is 31.9. The van der Waals surface area contributed by atoms with Gasteiger partial charge in [0, 0.05) is 136 Å². The van der Waals surface area contributed by atoms with Crippen molar-refractivity contribution in [3.63, 3.8) is 0 Å². The highest BCUT2D eigenvalue weighted by Crippen LogP contribution is 2.52. The highest BCUT2D eigenvalue weighted by Gasteiger charge is 2.47. The number of likely N-dealkylation sites (N-methyl/N-ethyl adjacent to an activating group) is 3. The molecule has 140 heavy (non-hydrogen) atoms. The topological polar surface area (TPSA) is 332 Å². The number of hydrogen-bond acceptors (Lipinski definition) is 20. The molecule has 12 heterocycles. The van der Waals surface area contributed by atoms with Crippen molar-refractivity contribution in [2.24, 2.45) is 0 Å². The maximum atomic E-state index is 14.7. The second-order valence-electron chi connectivity index (χ2n) is 38.9. The van der Waals surface area contributed by atoms with Crippen LogP contribution in [-0.4, -0.2) is 308 Å². The van der Waals surface area contributed by atoms with Crippen molar-refractivity contribution in [1.82, 2.24) is 91.7 Å². The molecular formula is C100H131BF4N20O13S2. The summed E-state index contributed by atoms with van der Waals surface area (Å²) in [5.41, 5.74) is 16.3. The summed E-state index contributed by atoms with van der Waals surface area (Å²) in [4.78, 5) is 72.6. The number of ether oxygens (including phenoxy) is 3. The molecule has 11 aliphatic rings. The number of likely N-dealkylation sites (tertiary alicyclic amines) is 3. The standard InChI is InChI=1S/C42H51N7O5S.C35H39N5O6S.C11H16N5O.C7H14N2.C5H11NO.BF4/c1-5-46-24-32-21-31(46)25-47(32)42(51)36-22-43-49(30-12-9-13-30)39(36)29-18-28-19-33(54-4)15-17-34(28)40-38(26-10-7-6-8-11-26)35-16-14-27(20-37(35)48(40)23-29)41(50)44-55(52,53)45(2)3;1-38(2)47(44,45)37-34(41)22-12-14-28-30(18-22)39-20-24(32-29(35(42)43)19-36-40(32)25-10-7-11-25)16-23-17-26(46-3)13-15-27(23)33(39)31(28)21-8-5-4-6-9-21;1-14(2)11(15(3)4)17-16-10-8-6-5-7-9(10)12-13-16;1-2-9-5-6-3-7(9)4-8-6;1-6-2-4-7-5-3-6;2-1(3,4)5/h14-20,22,26,30-32H,5-13,21,23-25H2,1-4H3,(H,44,50);12-19,21,25H,4-11,20H2,1-3H3,(H,37,41)(H,42,43);5-8H,1-4H3;6-8H,2-5H2,1H3;2-5H2,1H3;/q;;+1;;;-1/t31-,32-;;;6-,7-;;/m0..0../s1. The first-order chi connectivity index (χ1) is 67.0. The molecule has 4 atom stereocenters. The van der Waals surface area contributed by atoms with Gasteiger partial charge < -0.3 is 60.8 Å². The number of fused-ring (bicyclic) bond motifs is 15. The van der Waals surface area contributed by atoms with Gasteiger partial charge in [-0.3, -0.25) is 38.4 Å². The first-order valence-corrected chi connectivity index (χ1v) is 51.7. The fraction of sp³-hybridized carbons (Fsp3) is 0.510. The first kappa shape index (κ1) is 102. The fourth-order valence-corrected chi connectivity index (χ4v) is 22.5. The lowest BCUT2D eigenvalue weighted by Crippen LogP contribution is -2.48. The average molecular weight is 1970 g/mol. The summed E-state index contributed by atoms with van der Waals surface area (Å²) in [5.74, 6) is -0.346. The SMILES string of the molecule is CCN1C[C@@H]2C[C@H]1CN2.CCN1C[C@@H]2C[C@H]1CN2C(=O)c1cnn(C2CCC2)c1C1=Cc2cc(OC)ccc2-c2c(C3CCCCC3)c3ccc(C(=O)NS(=O)(=O)N(C)C)cc3n2C1.CN(C)C(On1nnc2ccccc21)=[N+](C)C.CN1CCOCC1.COc1ccc2c(c1)C=C(c1c(C(=O)O)cnn1C1CCC1)Cn1c-2c(C2CCCCC2)c2ccc(C(=O)NS(=O)(=O)N(C)C)cc21.F[B-](F)(F)F. The number of amides is 3. The molecule has 0 radical (unpaired) electrons. The van der Waals surface area contributed by atoms with E-state index in [1.54, 1.807) is 38.6 Å². The van der Waals surface area contributed by atoms with E-state index in [1.807, 2.05) is 103 Å². The van der Waals surface area contributed by atoms with Crippen molar-refractivity contribution in [1.29, 1.82) is 0 Å². The zero-order chi connectivity index (χ0) is 99.5. The van der Waals surface area contributed by atoms with E-state index in [0.717, 1.165) is 252 Å². The lowest BCUT2D eigenvalue weighted by molar-refractivity contribution is -0.480. The van der Waals surface area contributed by atoms with Crippen molar-refractivity contribution in [3.05, 3.63) is 165 Å². The van der Waals surface area contributed by atoms with E-state index in [9.17, 15) is 58.4 Å². The molecule has 4 aliphatic carbocycles. The second kappa shape index (κ2) is 43.2. The van der Waals surface area contributed by atoms with Crippen LogP contribution in [0.15, 0.2) is 109 Å². The number of morpholine rings is 1. The van der Waals surface area contributed by atoms with Crippen LogP contribution in [0.25, 0.3) is 78.7 Å². The van der Waals surface area contributed by atoms with E-state index >= 15 is 0 Å². The number of carboxylic acids is 1. The van der Waals surface area contributed by atoms with Crippen molar-refractivity contribution in [2.45, 2.75) is 191 Å². The quantitative estimate of drug-likeness (QED) is 0.0192. The predicted molar refractivity (Wildman–Crippen MR) is 534 cm³/mol. The molecule has 10 aromatic rings. The Balaban J connectivity index is 0.000000147. The molecule has 4 N–H and O–H groups in total. The average Bonchev–Trinajstić information content (AvgIpc) is 1.57. The van der Waals surface area contributed by atoms with Gasteiger partial charge in [0.2, 0.25) is 0 Å². The molecule has 752 valence electrons. The van der Waals surface area contributed by atoms with Gasteiger partial charge in [0.15, 0.2) is 0 Å². The summed E-state index contributed by atoms with van der Waals surface area (Å²) in [6, 6.07) is 34.2. The Labute approximate surface area is 815 Å². The third-order valence-electron chi connectivity index (χ3n) is 29.1. The molecular weight excluding hydrogens is 1840 g/mol. The van der Waals surface area contributed by atoms with Gasteiger partial charge in [-0.1, -0.05) is 81.5 Å². The molecule has 4 saturated carbocycles. The molecule has 5 saturated heterocycles. The van der Waals surface area contributed by atoms with Crippen LogP contribution in [0.5, 0.6) is 11.5 Å². The Morgan fingerprint density at radius 1 is 0.571 bits per heavy atom. The fourth-order valence-electron chi connectivity index (χ4n) is 21.5. The number of nitrogens with zero attached hydrogens (tertiary/aromatic N) is 17. The first-order valence-electron chi connectivity index (χ1n) is 48.9. The number of amidine groups is 1. The van der Waals surface area contributed by atoms with Gasteiger partial charge in [0.1, 0.15) is 28.1 Å². The van der Waals surface area contributed by atoms with Gasteiger partial charge in [-0.2, -0.15) is 35.6 Å². The molecule has 3 amide bonds. The predicted octanol–water partition coefficient (Wildman–Crippen LogP) is 13.7. The number of para-hydroxylation sites is 1. The second-order valence-corrected chi connectivity index (χ2v) is 42.7.